The van der Waals surface area contributed by atoms with Gasteiger partial charge in [0.25, 0.3) is 0 Å². The molecule has 0 aromatic heterocycles. The number of rotatable bonds is 5. The minimum Gasteiger partial charge on any atom is -0.465 e. The van der Waals surface area contributed by atoms with Gasteiger partial charge < -0.3 is 4.74 Å². The van der Waals surface area contributed by atoms with Crippen molar-refractivity contribution in [2.45, 2.75) is 26.2 Å². The van der Waals surface area contributed by atoms with Crippen LogP contribution in [0.3, 0.4) is 0 Å². The zero-order valence-corrected chi connectivity index (χ0v) is 11.1. The molecule has 0 radical (unpaired) electrons. The van der Waals surface area contributed by atoms with Crippen LogP contribution in [0.15, 0.2) is 22.8 Å². The van der Waals surface area contributed by atoms with E-state index in [9.17, 15) is 9.59 Å². The van der Waals surface area contributed by atoms with Crippen LogP contribution in [-0.4, -0.2) is 23.2 Å². The third-order valence-electron chi connectivity index (χ3n) is 2.18. The second-order valence-electron chi connectivity index (χ2n) is 3.74. The summed E-state index contributed by atoms with van der Waals surface area (Å²) in [6, 6.07) is 0. The lowest BCUT2D eigenvalue weighted by Gasteiger charge is -2.12. The van der Waals surface area contributed by atoms with Crippen molar-refractivity contribution in [2.24, 2.45) is 0 Å². The van der Waals surface area contributed by atoms with E-state index in [1.807, 2.05) is 6.08 Å². The normalized spacial score (nSPS) is 15.1. The molecule has 0 aliphatic heterocycles. The molecule has 1 aliphatic carbocycles. The Kier molecular flexibility index (Phi) is 5.51. The van der Waals surface area contributed by atoms with E-state index in [1.165, 1.54) is 6.92 Å². The Balaban J connectivity index is 2.36. The SMILES string of the molecule is CC(=O)CC(=O)OCCC1=CC(Cl)=CCC1=S. The fourth-order valence-electron chi connectivity index (χ4n) is 1.37. The summed E-state index contributed by atoms with van der Waals surface area (Å²) in [6.07, 6.45) is 4.64. The summed E-state index contributed by atoms with van der Waals surface area (Å²) < 4.78 is 4.92. The molecule has 0 aromatic rings. The van der Waals surface area contributed by atoms with Crippen LogP contribution in [0.1, 0.15) is 26.2 Å². The lowest BCUT2D eigenvalue weighted by Crippen LogP contribution is -2.12. The number of hydrogen-bond donors (Lipinski definition) is 0. The van der Waals surface area contributed by atoms with Crippen LogP contribution in [0.25, 0.3) is 0 Å². The zero-order chi connectivity index (χ0) is 12.8. The molecule has 0 atom stereocenters. The lowest BCUT2D eigenvalue weighted by atomic mass is 10.0. The van der Waals surface area contributed by atoms with E-state index in [1.54, 1.807) is 6.08 Å². The first-order chi connectivity index (χ1) is 7.99. The maximum absolute atomic E-state index is 11.1. The summed E-state index contributed by atoms with van der Waals surface area (Å²) >= 11 is 11.0. The topological polar surface area (TPSA) is 43.4 Å². The van der Waals surface area contributed by atoms with Crippen molar-refractivity contribution in [1.82, 2.24) is 0 Å². The van der Waals surface area contributed by atoms with Gasteiger partial charge >= 0.3 is 5.97 Å². The number of Topliss-reactive ketones (excluding diaryl/α,β-unsaturated/α-hetero) is 1. The van der Waals surface area contributed by atoms with Crippen LogP contribution in [0, 0.1) is 0 Å². The van der Waals surface area contributed by atoms with E-state index >= 15 is 0 Å². The molecule has 0 N–H and O–H groups in total. The Morgan fingerprint density at radius 1 is 1.53 bits per heavy atom. The Hall–Kier alpha value is -1.000. The number of esters is 1. The van der Waals surface area contributed by atoms with E-state index in [4.69, 9.17) is 28.6 Å². The van der Waals surface area contributed by atoms with Gasteiger partial charge in [0.1, 0.15) is 12.2 Å². The predicted molar refractivity (Wildman–Crippen MR) is 70.1 cm³/mol. The van der Waals surface area contributed by atoms with Crippen LogP contribution >= 0.6 is 23.8 Å². The quantitative estimate of drug-likeness (QED) is 0.438. The lowest BCUT2D eigenvalue weighted by molar-refractivity contribution is -0.145. The Bertz CT molecular complexity index is 410. The summed E-state index contributed by atoms with van der Waals surface area (Å²) in [6.45, 7) is 1.58. The van der Waals surface area contributed by atoms with Crippen molar-refractivity contribution in [3.63, 3.8) is 0 Å². The van der Waals surface area contributed by atoms with Gasteiger partial charge in [-0.2, -0.15) is 0 Å². The third kappa shape index (κ3) is 5.24. The van der Waals surface area contributed by atoms with Gasteiger partial charge in [0, 0.05) is 22.7 Å². The molecule has 17 heavy (non-hydrogen) atoms. The molecule has 0 saturated heterocycles. The number of carbonyl (C=O) groups is 2. The van der Waals surface area contributed by atoms with E-state index in [-0.39, 0.29) is 18.8 Å². The first-order valence-corrected chi connectivity index (χ1v) is 6.02. The highest BCUT2D eigenvalue weighted by Gasteiger charge is 2.11. The molecular weight excluding hydrogens is 260 g/mol. The maximum Gasteiger partial charge on any atom is 0.313 e. The molecular formula is C12H13ClO3S. The van der Waals surface area contributed by atoms with Crippen LogP contribution in [-0.2, 0) is 14.3 Å². The minimum atomic E-state index is -0.499. The van der Waals surface area contributed by atoms with Gasteiger partial charge in [-0.3, -0.25) is 9.59 Å². The smallest absolute Gasteiger partial charge is 0.313 e. The standard InChI is InChI=1S/C12H13ClO3S/c1-8(14)6-12(15)16-5-4-9-7-10(13)2-3-11(9)17/h2,7H,3-6H2,1H3. The number of ketones is 1. The van der Waals surface area contributed by atoms with Crippen molar-refractivity contribution >= 4 is 40.4 Å². The van der Waals surface area contributed by atoms with Crippen LogP contribution in [0.4, 0.5) is 0 Å². The molecule has 1 aliphatic rings. The van der Waals surface area contributed by atoms with E-state index in [0.717, 1.165) is 10.4 Å². The Labute approximate surface area is 110 Å². The summed E-state index contributed by atoms with van der Waals surface area (Å²) in [5.74, 6) is -0.699. The molecule has 0 spiro atoms. The summed E-state index contributed by atoms with van der Waals surface area (Å²) in [4.78, 5) is 22.6. The number of carbonyl (C=O) groups excluding carboxylic acids is 2. The van der Waals surface area contributed by atoms with Crippen LogP contribution < -0.4 is 0 Å². The third-order valence-corrected chi connectivity index (χ3v) is 2.87. The van der Waals surface area contributed by atoms with Gasteiger partial charge in [0.15, 0.2) is 0 Å². The summed E-state index contributed by atoms with van der Waals surface area (Å²) in [5.41, 5.74) is 0.920. The van der Waals surface area contributed by atoms with E-state index in [0.29, 0.717) is 17.9 Å². The summed E-state index contributed by atoms with van der Waals surface area (Å²) in [5, 5.41) is 0.656. The molecule has 92 valence electrons. The second-order valence-corrected chi connectivity index (χ2v) is 4.66. The van der Waals surface area contributed by atoms with Crippen molar-refractivity contribution in [1.29, 1.82) is 0 Å². The van der Waals surface area contributed by atoms with Crippen molar-refractivity contribution in [3.8, 4) is 0 Å². The second kappa shape index (κ2) is 6.67. The van der Waals surface area contributed by atoms with Gasteiger partial charge in [-0.15, -0.1) is 0 Å². The summed E-state index contributed by atoms with van der Waals surface area (Å²) in [7, 11) is 0. The van der Waals surface area contributed by atoms with Gasteiger partial charge in [-0.1, -0.05) is 29.9 Å². The average molecular weight is 273 g/mol. The fraction of sp³-hybridized carbons (Fsp3) is 0.417. The van der Waals surface area contributed by atoms with Crippen LogP contribution in [0.2, 0.25) is 0 Å². The number of allylic oxidation sites excluding steroid dienone is 3. The molecule has 3 nitrogen and oxygen atoms in total. The van der Waals surface area contributed by atoms with Crippen molar-refractivity contribution in [3.05, 3.63) is 22.8 Å². The highest BCUT2D eigenvalue weighted by molar-refractivity contribution is 7.80. The first kappa shape index (κ1) is 14.1. The number of thiocarbonyl (C=S) groups is 1. The fourth-order valence-corrected chi connectivity index (χ4v) is 1.82. The minimum absolute atomic E-state index is 0.176. The Morgan fingerprint density at radius 3 is 2.88 bits per heavy atom. The van der Waals surface area contributed by atoms with Gasteiger partial charge in [-0.25, -0.2) is 0 Å². The zero-order valence-electron chi connectivity index (χ0n) is 9.49. The molecule has 0 heterocycles. The van der Waals surface area contributed by atoms with Crippen molar-refractivity contribution < 1.29 is 14.3 Å². The molecule has 0 amide bonds. The number of halogens is 1. The predicted octanol–water partition coefficient (Wildman–Crippen LogP) is 2.72. The van der Waals surface area contributed by atoms with Crippen molar-refractivity contribution in [2.75, 3.05) is 6.61 Å². The Morgan fingerprint density at radius 2 is 2.24 bits per heavy atom. The molecule has 0 aromatic carbocycles. The average Bonchev–Trinajstić information content (AvgIpc) is 2.22. The van der Waals surface area contributed by atoms with Gasteiger partial charge in [0.2, 0.25) is 0 Å². The van der Waals surface area contributed by atoms with E-state index in [2.05, 4.69) is 0 Å². The molecule has 0 fully saturated rings. The molecule has 5 heteroatoms. The van der Waals surface area contributed by atoms with Crippen LogP contribution in [0.5, 0.6) is 0 Å². The monoisotopic (exact) mass is 272 g/mol. The molecule has 0 saturated carbocycles. The highest BCUT2D eigenvalue weighted by Crippen LogP contribution is 2.20. The first-order valence-electron chi connectivity index (χ1n) is 5.23. The van der Waals surface area contributed by atoms with Gasteiger partial charge in [-0.05, 0) is 18.6 Å². The number of hydrogen-bond acceptors (Lipinski definition) is 4. The molecule has 0 bridgehead atoms. The highest BCUT2D eigenvalue weighted by atomic mass is 35.5. The molecule has 0 unspecified atom stereocenters. The number of ether oxygens (including phenoxy) is 1. The van der Waals surface area contributed by atoms with Gasteiger partial charge in [0.05, 0.1) is 6.61 Å². The maximum atomic E-state index is 11.1. The largest absolute Gasteiger partial charge is 0.465 e. The molecule has 1 rings (SSSR count). The van der Waals surface area contributed by atoms with E-state index < -0.39 is 5.97 Å².